The van der Waals surface area contributed by atoms with Crippen molar-refractivity contribution in [2.45, 2.75) is 24.2 Å². The molecule has 1 aliphatic rings. The molecule has 1 aromatic carbocycles. The predicted molar refractivity (Wildman–Crippen MR) is 67.8 cm³/mol. The van der Waals surface area contributed by atoms with E-state index >= 15 is 0 Å². The quantitative estimate of drug-likeness (QED) is 0.904. The SMILES string of the molecule is O=C(O)c1ccc(S(=O)(=O)CCC2CC2)cc1Cl. The zero-order chi connectivity index (χ0) is 13.3. The van der Waals surface area contributed by atoms with Crippen molar-refractivity contribution in [1.29, 1.82) is 0 Å². The number of aromatic carboxylic acids is 1. The highest BCUT2D eigenvalue weighted by Crippen LogP contribution is 2.33. The number of carboxylic acids is 1. The topological polar surface area (TPSA) is 71.4 Å². The summed E-state index contributed by atoms with van der Waals surface area (Å²) in [7, 11) is -3.36. The van der Waals surface area contributed by atoms with Crippen LogP contribution >= 0.6 is 11.6 Å². The zero-order valence-electron chi connectivity index (χ0n) is 9.60. The van der Waals surface area contributed by atoms with Gasteiger partial charge in [0.15, 0.2) is 9.84 Å². The molecule has 1 aromatic rings. The van der Waals surface area contributed by atoms with Crippen molar-refractivity contribution in [2.24, 2.45) is 5.92 Å². The number of hydrogen-bond donors (Lipinski definition) is 1. The summed E-state index contributed by atoms with van der Waals surface area (Å²) >= 11 is 5.76. The maximum atomic E-state index is 12.0. The monoisotopic (exact) mass is 288 g/mol. The molecule has 0 aliphatic heterocycles. The van der Waals surface area contributed by atoms with Crippen molar-refractivity contribution in [3.63, 3.8) is 0 Å². The fourth-order valence-corrected chi connectivity index (χ4v) is 3.49. The largest absolute Gasteiger partial charge is 0.478 e. The molecule has 2 rings (SSSR count). The second-order valence-electron chi connectivity index (χ2n) is 4.50. The zero-order valence-corrected chi connectivity index (χ0v) is 11.2. The molecule has 1 fully saturated rings. The van der Waals surface area contributed by atoms with E-state index in [4.69, 9.17) is 16.7 Å². The number of benzene rings is 1. The van der Waals surface area contributed by atoms with E-state index < -0.39 is 15.8 Å². The summed E-state index contributed by atoms with van der Waals surface area (Å²) in [6.45, 7) is 0. The third kappa shape index (κ3) is 3.03. The Morgan fingerprint density at radius 3 is 2.56 bits per heavy atom. The Morgan fingerprint density at radius 1 is 1.39 bits per heavy atom. The van der Waals surface area contributed by atoms with E-state index in [0.717, 1.165) is 12.8 Å². The molecule has 1 aliphatic carbocycles. The van der Waals surface area contributed by atoms with Crippen LogP contribution < -0.4 is 0 Å². The average Bonchev–Trinajstić information content (AvgIpc) is 3.09. The lowest BCUT2D eigenvalue weighted by Crippen LogP contribution is -2.08. The summed E-state index contributed by atoms with van der Waals surface area (Å²) in [6, 6.07) is 3.75. The molecular weight excluding hydrogens is 276 g/mol. The van der Waals surface area contributed by atoms with Crippen molar-refractivity contribution in [2.75, 3.05) is 5.75 Å². The predicted octanol–water partition coefficient (Wildman–Crippen LogP) is 2.61. The first kappa shape index (κ1) is 13.4. The molecule has 0 unspecified atom stereocenters. The highest BCUT2D eigenvalue weighted by Gasteiger charge is 2.25. The Labute approximate surface area is 110 Å². The van der Waals surface area contributed by atoms with E-state index in [-0.39, 0.29) is 21.2 Å². The summed E-state index contributed by atoms with van der Waals surface area (Å²) in [4.78, 5) is 10.9. The van der Waals surface area contributed by atoms with Crippen LogP contribution in [0.25, 0.3) is 0 Å². The van der Waals surface area contributed by atoms with Gasteiger partial charge in [-0.2, -0.15) is 0 Å². The van der Waals surface area contributed by atoms with Gasteiger partial charge in [-0.25, -0.2) is 13.2 Å². The molecule has 0 aromatic heterocycles. The molecule has 98 valence electrons. The van der Waals surface area contributed by atoms with Crippen LogP contribution in [0.2, 0.25) is 5.02 Å². The molecule has 0 heterocycles. The van der Waals surface area contributed by atoms with E-state index in [1.165, 1.54) is 18.2 Å². The first-order chi connectivity index (χ1) is 8.40. The fraction of sp³-hybridized carbons (Fsp3) is 0.417. The van der Waals surface area contributed by atoms with Crippen molar-refractivity contribution in [3.8, 4) is 0 Å². The van der Waals surface area contributed by atoms with Crippen LogP contribution in [0.5, 0.6) is 0 Å². The first-order valence-corrected chi connectivity index (χ1v) is 7.69. The van der Waals surface area contributed by atoms with Crippen molar-refractivity contribution < 1.29 is 18.3 Å². The van der Waals surface area contributed by atoms with E-state index in [1.807, 2.05) is 0 Å². The number of hydrogen-bond acceptors (Lipinski definition) is 3. The van der Waals surface area contributed by atoms with E-state index in [9.17, 15) is 13.2 Å². The molecule has 1 saturated carbocycles. The van der Waals surface area contributed by atoms with Gasteiger partial charge in [0.25, 0.3) is 0 Å². The van der Waals surface area contributed by atoms with Crippen LogP contribution in [0.4, 0.5) is 0 Å². The maximum absolute atomic E-state index is 12.0. The number of rotatable bonds is 5. The van der Waals surface area contributed by atoms with Crippen molar-refractivity contribution in [1.82, 2.24) is 0 Å². The van der Waals surface area contributed by atoms with Crippen molar-refractivity contribution in [3.05, 3.63) is 28.8 Å². The van der Waals surface area contributed by atoms with Gasteiger partial charge in [-0.3, -0.25) is 0 Å². The van der Waals surface area contributed by atoms with Gasteiger partial charge in [0.05, 0.1) is 21.2 Å². The molecule has 0 bridgehead atoms. The van der Waals surface area contributed by atoms with Crippen LogP contribution in [-0.2, 0) is 9.84 Å². The van der Waals surface area contributed by atoms with Gasteiger partial charge >= 0.3 is 5.97 Å². The lowest BCUT2D eigenvalue weighted by molar-refractivity contribution is 0.0697. The van der Waals surface area contributed by atoms with Gasteiger partial charge in [0.2, 0.25) is 0 Å². The third-order valence-electron chi connectivity index (χ3n) is 3.02. The number of carboxylic acid groups (broad SMARTS) is 1. The number of carbonyl (C=O) groups is 1. The molecule has 1 N–H and O–H groups in total. The van der Waals surface area contributed by atoms with Gasteiger partial charge in [-0.1, -0.05) is 24.4 Å². The van der Waals surface area contributed by atoms with Crippen LogP contribution in [0.15, 0.2) is 23.1 Å². The van der Waals surface area contributed by atoms with E-state index in [2.05, 4.69) is 0 Å². The Hall–Kier alpha value is -1.07. The van der Waals surface area contributed by atoms with Gasteiger partial charge in [-0.15, -0.1) is 0 Å². The highest BCUT2D eigenvalue weighted by atomic mass is 35.5. The van der Waals surface area contributed by atoms with Crippen molar-refractivity contribution >= 4 is 27.4 Å². The Morgan fingerprint density at radius 2 is 2.06 bits per heavy atom. The second kappa shape index (κ2) is 4.90. The molecule has 0 spiro atoms. The van der Waals surface area contributed by atoms with E-state index in [0.29, 0.717) is 12.3 Å². The van der Waals surface area contributed by atoms with Gasteiger partial charge in [-0.05, 0) is 30.5 Å². The molecule has 0 atom stereocenters. The molecule has 4 nitrogen and oxygen atoms in total. The van der Waals surface area contributed by atoms with E-state index in [1.54, 1.807) is 0 Å². The molecule has 0 radical (unpaired) electrons. The van der Waals surface area contributed by atoms with Crippen LogP contribution in [0.3, 0.4) is 0 Å². The second-order valence-corrected chi connectivity index (χ2v) is 7.01. The third-order valence-corrected chi connectivity index (χ3v) is 5.08. The Bertz CT molecular complexity index is 576. The standard InChI is InChI=1S/C12H13ClO4S/c13-11-7-9(3-4-10(11)12(14)15)18(16,17)6-5-8-1-2-8/h3-4,7-8H,1-2,5-6H2,(H,14,15). The summed E-state index contributed by atoms with van der Waals surface area (Å²) in [5.41, 5.74) is -0.0854. The minimum Gasteiger partial charge on any atom is -0.478 e. The van der Waals surface area contributed by atoms with Crippen LogP contribution in [0, 0.1) is 5.92 Å². The minimum atomic E-state index is -3.36. The molecule has 18 heavy (non-hydrogen) atoms. The molecule has 6 heteroatoms. The normalized spacial score (nSPS) is 15.6. The molecular formula is C12H13ClO4S. The summed E-state index contributed by atoms with van der Waals surface area (Å²) in [6.07, 6.45) is 2.88. The van der Waals surface area contributed by atoms with Gasteiger partial charge < -0.3 is 5.11 Å². The summed E-state index contributed by atoms with van der Waals surface area (Å²) in [5, 5.41) is 8.76. The van der Waals surface area contributed by atoms with Gasteiger partial charge in [0, 0.05) is 0 Å². The molecule has 0 saturated heterocycles. The lowest BCUT2D eigenvalue weighted by Gasteiger charge is -2.06. The van der Waals surface area contributed by atoms with Gasteiger partial charge in [0.1, 0.15) is 0 Å². The minimum absolute atomic E-state index is 0.0463. The summed E-state index contributed by atoms with van der Waals surface area (Å²) < 4.78 is 24.0. The molecule has 0 amide bonds. The van der Waals surface area contributed by atoms with Crippen LogP contribution in [0.1, 0.15) is 29.6 Å². The number of halogens is 1. The lowest BCUT2D eigenvalue weighted by atomic mass is 10.2. The maximum Gasteiger partial charge on any atom is 0.337 e. The smallest absolute Gasteiger partial charge is 0.337 e. The average molecular weight is 289 g/mol. The summed E-state index contributed by atoms with van der Waals surface area (Å²) in [5.74, 6) is -0.532. The first-order valence-electron chi connectivity index (χ1n) is 5.66. The van der Waals surface area contributed by atoms with Crippen LogP contribution in [-0.4, -0.2) is 25.2 Å². The highest BCUT2D eigenvalue weighted by molar-refractivity contribution is 7.91. The number of sulfone groups is 1. The Kier molecular flexibility index (Phi) is 3.64. The fourth-order valence-electron chi connectivity index (χ4n) is 1.71. The Balaban J connectivity index is 2.21.